The number of carbonyl (C=O) groups is 1. The van der Waals surface area contributed by atoms with E-state index in [1.165, 1.54) is 12.1 Å². The number of Topliss-reactive ketones (excluding diaryl/α,β-unsaturated/α-hetero) is 1. The van der Waals surface area contributed by atoms with Gasteiger partial charge in [-0.15, -0.1) is 0 Å². The third-order valence-electron chi connectivity index (χ3n) is 4.83. The Morgan fingerprint density at radius 2 is 2.00 bits per heavy atom. The molecular formula is C20H17ClN3O3+. The first-order valence-electron chi connectivity index (χ1n) is 8.68. The molecule has 1 aliphatic rings. The lowest BCUT2D eigenvalue weighted by atomic mass is 10.1. The number of non-ortho nitro benzene ring substituents is 1. The molecule has 6 nitrogen and oxygen atoms in total. The van der Waals surface area contributed by atoms with Crippen LogP contribution in [0, 0.1) is 10.1 Å². The molecule has 0 fully saturated rings. The van der Waals surface area contributed by atoms with Crippen LogP contribution in [0.5, 0.6) is 0 Å². The van der Waals surface area contributed by atoms with Gasteiger partial charge in [-0.1, -0.05) is 23.7 Å². The van der Waals surface area contributed by atoms with E-state index < -0.39 is 4.92 Å². The normalized spacial score (nSPS) is 12.8. The Kier molecular flexibility index (Phi) is 4.49. The van der Waals surface area contributed by atoms with Crippen molar-refractivity contribution < 1.29 is 14.3 Å². The minimum Gasteiger partial charge on any atom is -0.290 e. The molecule has 2 aromatic carbocycles. The SMILES string of the molecule is O=C(C[n+]1cc(-c2ccc(Cl)cc2)n2c1CCC2)c1cccc([N+](=O)[O-])c1. The van der Waals surface area contributed by atoms with Crippen molar-refractivity contribution in [3.05, 3.63) is 81.3 Å². The van der Waals surface area contributed by atoms with E-state index in [0.717, 1.165) is 36.5 Å². The van der Waals surface area contributed by atoms with E-state index in [1.54, 1.807) is 12.1 Å². The number of ketones is 1. The van der Waals surface area contributed by atoms with Crippen LogP contribution in [-0.2, 0) is 19.5 Å². The molecule has 3 aromatic rings. The summed E-state index contributed by atoms with van der Waals surface area (Å²) in [6.45, 7) is 1.06. The van der Waals surface area contributed by atoms with E-state index in [1.807, 2.05) is 35.0 Å². The Labute approximate surface area is 160 Å². The number of nitro benzene ring substituents is 1. The number of benzene rings is 2. The zero-order valence-electron chi connectivity index (χ0n) is 14.5. The highest BCUT2D eigenvalue weighted by Gasteiger charge is 2.30. The number of imidazole rings is 1. The summed E-state index contributed by atoms with van der Waals surface area (Å²) in [4.78, 5) is 23.2. The number of hydrogen-bond acceptors (Lipinski definition) is 3. The summed E-state index contributed by atoms with van der Waals surface area (Å²) in [5, 5.41) is 11.6. The molecule has 0 N–H and O–H groups in total. The lowest BCUT2D eigenvalue weighted by molar-refractivity contribution is -0.689. The van der Waals surface area contributed by atoms with Gasteiger partial charge >= 0.3 is 0 Å². The van der Waals surface area contributed by atoms with E-state index >= 15 is 0 Å². The van der Waals surface area contributed by atoms with Crippen LogP contribution in [0.3, 0.4) is 0 Å². The van der Waals surface area contributed by atoms with Crippen LogP contribution >= 0.6 is 11.6 Å². The second-order valence-corrected chi connectivity index (χ2v) is 6.99. The fraction of sp³-hybridized carbons (Fsp3) is 0.200. The third-order valence-corrected chi connectivity index (χ3v) is 5.08. The number of rotatable bonds is 5. The largest absolute Gasteiger partial charge is 0.290 e. The Hall–Kier alpha value is -2.99. The van der Waals surface area contributed by atoms with E-state index in [0.29, 0.717) is 10.6 Å². The molecular weight excluding hydrogens is 366 g/mol. The van der Waals surface area contributed by atoms with Crippen LogP contribution in [0.4, 0.5) is 5.69 Å². The van der Waals surface area contributed by atoms with Gasteiger partial charge in [0, 0.05) is 28.3 Å². The Balaban J connectivity index is 1.66. The number of halogens is 1. The van der Waals surface area contributed by atoms with Gasteiger partial charge in [-0.2, -0.15) is 0 Å². The molecule has 0 spiro atoms. The molecule has 0 amide bonds. The Morgan fingerprint density at radius 3 is 2.74 bits per heavy atom. The quantitative estimate of drug-likeness (QED) is 0.291. The second kappa shape index (κ2) is 6.96. The molecule has 4 rings (SSSR count). The maximum Gasteiger partial charge on any atom is 0.270 e. The van der Waals surface area contributed by atoms with Crippen molar-refractivity contribution in [3.8, 4) is 11.3 Å². The average molecular weight is 383 g/mol. The van der Waals surface area contributed by atoms with E-state index in [4.69, 9.17) is 11.6 Å². The zero-order chi connectivity index (χ0) is 19.0. The van der Waals surface area contributed by atoms with Gasteiger partial charge in [0.1, 0.15) is 6.20 Å². The zero-order valence-corrected chi connectivity index (χ0v) is 15.2. The van der Waals surface area contributed by atoms with Crippen molar-refractivity contribution in [1.29, 1.82) is 0 Å². The number of aromatic nitrogens is 2. The first kappa shape index (κ1) is 17.4. The Bertz CT molecular complexity index is 1040. The van der Waals surface area contributed by atoms with Gasteiger partial charge in [0.2, 0.25) is 5.78 Å². The molecule has 0 saturated heterocycles. The lowest BCUT2D eigenvalue weighted by Gasteiger charge is -2.00. The highest BCUT2D eigenvalue weighted by Crippen LogP contribution is 2.26. The molecule has 0 saturated carbocycles. The predicted octanol–water partition coefficient (Wildman–Crippen LogP) is 3.83. The molecule has 2 heterocycles. The van der Waals surface area contributed by atoms with Crippen LogP contribution in [0.2, 0.25) is 5.02 Å². The summed E-state index contributed by atoms with van der Waals surface area (Å²) in [5.74, 6) is 0.949. The maximum absolute atomic E-state index is 12.7. The van der Waals surface area contributed by atoms with Crippen LogP contribution < -0.4 is 4.57 Å². The van der Waals surface area contributed by atoms with Gasteiger partial charge in [0.25, 0.3) is 11.5 Å². The van der Waals surface area contributed by atoms with Gasteiger partial charge in [0.15, 0.2) is 12.2 Å². The minimum atomic E-state index is -0.487. The van der Waals surface area contributed by atoms with Gasteiger partial charge in [-0.25, -0.2) is 9.13 Å². The molecule has 7 heteroatoms. The summed E-state index contributed by atoms with van der Waals surface area (Å²) in [6.07, 6.45) is 3.91. The number of hydrogen-bond donors (Lipinski definition) is 0. The fourth-order valence-corrected chi connectivity index (χ4v) is 3.66. The molecule has 1 aromatic heterocycles. The molecule has 27 heavy (non-hydrogen) atoms. The number of nitrogens with zero attached hydrogens (tertiary/aromatic N) is 3. The summed E-state index contributed by atoms with van der Waals surface area (Å²) in [7, 11) is 0. The van der Waals surface area contributed by atoms with E-state index in [2.05, 4.69) is 4.57 Å². The third kappa shape index (κ3) is 3.36. The highest BCUT2D eigenvalue weighted by atomic mass is 35.5. The molecule has 136 valence electrons. The van der Waals surface area contributed by atoms with Crippen LogP contribution in [-0.4, -0.2) is 15.3 Å². The number of fused-ring (bicyclic) bond motifs is 1. The van der Waals surface area contributed by atoms with Crippen molar-refractivity contribution in [1.82, 2.24) is 4.57 Å². The van der Waals surface area contributed by atoms with Gasteiger partial charge in [-0.05, 0) is 30.7 Å². The van der Waals surface area contributed by atoms with Gasteiger partial charge < -0.3 is 0 Å². The van der Waals surface area contributed by atoms with E-state index in [9.17, 15) is 14.9 Å². The molecule has 0 bridgehead atoms. The highest BCUT2D eigenvalue weighted by molar-refractivity contribution is 6.30. The summed E-state index contributed by atoms with van der Waals surface area (Å²) in [6, 6.07) is 13.5. The van der Waals surface area contributed by atoms with Crippen molar-refractivity contribution in [2.75, 3.05) is 0 Å². The fourth-order valence-electron chi connectivity index (χ4n) is 3.54. The standard InChI is InChI=1S/C20H17ClN3O3/c21-16-8-6-14(7-9-16)18-12-22(20-5-2-10-23(18)20)13-19(25)15-3-1-4-17(11-15)24(26)27/h1,3-4,6-9,11-12H,2,5,10,13H2/q+1. The van der Waals surface area contributed by atoms with Crippen molar-refractivity contribution >= 4 is 23.1 Å². The van der Waals surface area contributed by atoms with Crippen molar-refractivity contribution in [2.24, 2.45) is 0 Å². The maximum atomic E-state index is 12.7. The number of nitro groups is 1. The second-order valence-electron chi connectivity index (χ2n) is 6.55. The summed E-state index contributed by atoms with van der Waals surface area (Å²) in [5.41, 5.74) is 2.37. The Morgan fingerprint density at radius 1 is 1.22 bits per heavy atom. The lowest BCUT2D eigenvalue weighted by Crippen LogP contribution is -2.40. The van der Waals surface area contributed by atoms with Crippen molar-refractivity contribution in [3.63, 3.8) is 0 Å². The van der Waals surface area contributed by atoms with Crippen LogP contribution in [0.15, 0.2) is 54.7 Å². The first-order valence-corrected chi connectivity index (χ1v) is 9.06. The minimum absolute atomic E-state index is 0.0742. The smallest absolute Gasteiger partial charge is 0.270 e. The van der Waals surface area contributed by atoms with Crippen LogP contribution in [0.25, 0.3) is 11.3 Å². The molecule has 0 atom stereocenters. The topological polar surface area (TPSA) is 69.0 Å². The summed E-state index contributed by atoms with van der Waals surface area (Å²) >= 11 is 5.99. The first-order chi connectivity index (χ1) is 13.0. The van der Waals surface area contributed by atoms with E-state index in [-0.39, 0.29) is 18.0 Å². The monoisotopic (exact) mass is 382 g/mol. The molecule has 0 aliphatic carbocycles. The summed E-state index contributed by atoms with van der Waals surface area (Å²) < 4.78 is 4.18. The van der Waals surface area contributed by atoms with Crippen LogP contribution in [0.1, 0.15) is 22.6 Å². The molecule has 0 unspecified atom stereocenters. The average Bonchev–Trinajstić information content (AvgIpc) is 3.26. The predicted molar refractivity (Wildman–Crippen MR) is 101 cm³/mol. The van der Waals surface area contributed by atoms with Gasteiger partial charge in [0.05, 0.1) is 17.9 Å². The molecule has 1 aliphatic heterocycles. The molecule has 0 radical (unpaired) electrons. The number of carbonyl (C=O) groups excluding carboxylic acids is 1. The van der Waals surface area contributed by atoms with Crippen molar-refractivity contribution in [2.45, 2.75) is 25.9 Å². The van der Waals surface area contributed by atoms with Gasteiger partial charge in [-0.3, -0.25) is 14.9 Å².